The maximum atomic E-state index is 11.4. The summed E-state index contributed by atoms with van der Waals surface area (Å²) < 4.78 is 5.16. The third-order valence-corrected chi connectivity index (χ3v) is 3.40. The third-order valence-electron chi connectivity index (χ3n) is 3.40. The molecular formula is C13H14O5. The molecule has 18 heavy (non-hydrogen) atoms. The van der Waals surface area contributed by atoms with Gasteiger partial charge in [0.15, 0.2) is 0 Å². The van der Waals surface area contributed by atoms with Gasteiger partial charge < -0.3 is 14.9 Å². The Labute approximate surface area is 104 Å². The summed E-state index contributed by atoms with van der Waals surface area (Å²) in [6.45, 7) is 0. The molecule has 0 saturated carbocycles. The molecule has 1 aromatic carbocycles. The van der Waals surface area contributed by atoms with Crippen molar-refractivity contribution < 1.29 is 24.5 Å². The molecule has 0 fully saturated rings. The number of fused-ring (bicyclic) bond motifs is 1. The number of aliphatic carboxylic acids is 2. The van der Waals surface area contributed by atoms with Gasteiger partial charge in [0, 0.05) is 5.56 Å². The molecule has 0 aromatic heterocycles. The van der Waals surface area contributed by atoms with Crippen LogP contribution in [0.5, 0.6) is 5.75 Å². The number of aryl methyl sites for hydroxylation is 1. The van der Waals surface area contributed by atoms with Crippen LogP contribution in [0.4, 0.5) is 0 Å². The van der Waals surface area contributed by atoms with Crippen LogP contribution in [0.25, 0.3) is 0 Å². The summed E-state index contributed by atoms with van der Waals surface area (Å²) in [5, 5.41) is 18.4. The van der Waals surface area contributed by atoms with Crippen molar-refractivity contribution in [1.29, 1.82) is 0 Å². The second-order valence-corrected chi connectivity index (χ2v) is 4.33. The van der Waals surface area contributed by atoms with E-state index in [1.54, 1.807) is 12.1 Å². The third kappa shape index (κ3) is 1.92. The Hall–Kier alpha value is -2.04. The van der Waals surface area contributed by atoms with Crippen LogP contribution in [-0.4, -0.2) is 29.3 Å². The molecular weight excluding hydrogens is 236 g/mol. The number of hydrogen-bond donors (Lipinski definition) is 2. The van der Waals surface area contributed by atoms with Gasteiger partial charge in [0.2, 0.25) is 0 Å². The minimum Gasteiger partial charge on any atom is -0.496 e. The molecule has 0 radical (unpaired) electrons. The fourth-order valence-corrected chi connectivity index (χ4v) is 2.58. The Bertz CT molecular complexity index is 480. The number of carboxylic acid groups (broad SMARTS) is 2. The minimum atomic E-state index is -1.12. The average Bonchev–Trinajstić information content (AvgIpc) is 2.36. The monoisotopic (exact) mass is 250 g/mol. The van der Waals surface area contributed by atoms with Gasteiger partial charge in [-0.2, -0.15) is 0 Å². The molecule has 1 aliphatic rings. The summed E-state index contributed by atoms with van der Waals surface area (Å²) in [5.41, 5.74) is 1.37. The van der Waals surface area contributed by atoms with E-state index in [0.29, 0.717) is 24.2 Å². The first-order chi connectivity index (χ1) is 8.56. The Balaban J connectivity index is 2.57. The van der Waals surface area contributed by atoms with Crippen LogP contribution in [0.2, 0.25) is 0 Å². The van der Waals surface area contributed by atoms with Gasteiger partial charge in [-0.05, 0) is 24.5 Å². The summed E-state index contributed by atoms with van der Waals surface area (Å²) in [4.78, 5) is 22.6. The van der Waals surface area contributed by atoms with E-state index in [9.17, 15) is 14.7 Å². The van der Waals surface area contributed by atoms with Crippen LogP contribution >= 0.6 is 0 Å². The molecule has 0 spiro atoms. The summed E-state index contributed by atoms with van der Waals surface area (Å²) in [5.74, 6) is -3.67. The highest BCUT2D eigenvalue weighted by Crippen LogP contribution is 2.41. The lowest BCUT2D eigenvalue weighted by Crippen LogP contribution is -2.32. The molecule has 5 nitrogen and oxygen atoms in total. The zero-order chi connectivity index (χ0) is 13.3. The van der Waals surface area contributed by atoms with Crippen LogP contribution in [-0.2, 0) is 16.0 Å². The predicted octanol–water partition coefficient (Wildman–Crippen LogP) is 1.51. The number of benzene rings is 1. The lowest BCUT2D eigenvalue weighted by molar-refractivity contribution is -0.150. The number of methoxy groups -OCH3 is 1. The maximum absolute atomic E-state index is 11.4. The van der Waals surface area contributed by atoms with E-state index in [4.69, 9.17) is 9.84 Å². The first-order valence-electron chi connectivity index (χ1n) is 5.67. The Morgan fingerprint density at radius 2 is 2.00 bits per heavy atom. The first kappa shape index (κ1) is 12.4. The van der Waals surface area contributed by atoms with Crippen LogP contribution in [0.1, 0.15) is 23.5 Å². The van der Waals surface area contributed by atoms with Crippen molar-refractivity contribution in [1.82, 2.24) is 0 Å². The Morgan fingerprint density at radius 3 is 2.56 bits per heavy atom. The zero-order valence-electron chi connectivity index (χ0n) is 9.92. The molecule has 1 aromatic rings. The van der Waals surface area contributed by atoms with E-state index in [0.717, 1.165) is 5.56 Å². The van der Waals surface area contributed by atoms with Crippen molar-refractivity contribution in [2.75, 3.05) is 7.11 Å². The molecule has 0 bridgehead atoms. The maximum Gasteiger partial charge on any atom is 0.312 e. The molecule has 0 saturated heterocycles. The van der Waals surface area contributed by atoms with Gasteiger partial charge in [-0.15, -0.1) is 0 Å². The number of ether oxygens (including phenoxy) is 1. The SMILES string of the molecule is COc1cccc2c1C(C(=O)O)C(C(=O)O)CC2. The predicted molar refractivity (Wildman–Crippen MR) is 62.8 cm³/mol. The molecule has 2 rings (SSSR count). The normalized spacial score (nSPS) is 22.1. The number of carbonyl (C=O) groups is 2. The van der Waals surface area contributed by atoms with Gasteiger partial charge in [0.25, 0.3) is 0 Å². The second kappa shape index (κ2) is 4.68. The minimum absolute atomic E-state index is 0.340. The summed E-state index contributed by atoms with van der Waals surface area (Å²) >= 11 is 0. The molecule has 2 N–H and O–H groups in total. The summed E-state index contributed by atoms with van der Waals surface area (Å²) in [7, 11) is 1.46. The van der Waals surface area contributed by atoms with E-state index in [1.165, 1.54) is 7.11 Å². The van der Waals surface area contributed by atoms with Gasteiger partial charge >= 0.3 is 11.9 Å². The topological polar surface area (TPSA) is 83.8 Å². The fourth-order valence-electron chi connectivity index (χ4n) is 2.58. The zero-order valence-corrected chi connectivity index (χ0v) is 9.92. The number of hydrogen-bond acceptors (Lipinski definition) is 3. The van der Waals surface area contributed by atoms with Gasteiger partial charge in [-0.3, -0.25) is 9.59 Å². The molecule has 0 amide bonds. The Morgan fingerprint density at radius 1 is 1.28 bits per heavy atom. The summed E-state index contributed by atoms with van der Waals surface area (Å²) in [6.07, 6.45) is 0.903. The van der Waals surface area contributed by atoms with E-state index >= 15 is 0 Å². The molecule has 2 unspecified atom stereocenters. The van der Waals surface area contributed by atoms with Crippen molar-refractivity contribution in [3.63, 3.8) is 0 Å². The van der Waals surface area contributed by atoms with Crippen LogP contribution in [0.3, 0.4) is 0 Å². The lowest BCUT2D eigenvalue weighted by Gasteiger charge is -2.29. The summed E-state index contributed by atoms with van der Waals surface area (Å²) in [6, 6.07) is 5.28. The second-order valence-electron chi connectivity index (χ2n) is 4.33. The van der Waals surface area contributed by atoms with Crippen molar-refractivity contribution in [2.45, 2.75) is 18.8 Å². The highest BCUT2D eigenvalue weighted by molar-refractivity contribution is 5.86. The molecule has 2 atom stereocenters. The van der Waals surface area contributed by atoms with Gasteiger partial charge in [-0.25, -0.2) is 0 Å². The average molecular weight is 250 g/mol. The highest BCUT2D eigenvalue weighted by atomic mass is 16.5. The molecule has 0 heterocycles. The molecule has 96 valence electrons. The fraction of sp³-hybridized carbons (Fsp3) is 0.385. The van der Waals surface area contributed by atoms with Crippen LogP contribution in [0.15, 0.2) is 18.2 Å². The molecule has 0 aliphatic heterocycles. The van der Waals surface area contributed by atoms with Crippen molar-refractivity contribution >= 4 is 11.9 Å². The van der Waals surface area contributed by atoms with Crippen molar-refractivity contribution in [3.05, 3.63) is 29.3 Å². The largest absolute Gasteiger partial charge is 0.496 e. The van der Waals surface area contributed by atoms with Gasteiger partial charge in [0.05, 0.1) is 18.9 Å². The van der Waals surface area contributed by atoms with E-state index in [-0.39, 0.29) is 0 Å². The first-order valence-corrected chi connectivity index (χ1v) is 5.67. The Kier molecular flexibility index (Phi) is 3.23. The number of rotatable bonds is 3. The standard InChI is InChI=1S/C13H14O5/c1-18-9-4-2-3-7-5-6-8(12(14)15)11(10(7)9)13(16)17/h2-4,8,11H,5-6H2,1H3,(H,14,15)(H,16,17). The van der Waals surface area contributed by atoms with E-state index < -0.39 is 23.8 Å². The van der Waals surface area contributed by atoms with E-state index in [2.05, 4.69) is 0 Å². The van der Waals surface area contributed by atoms with Gasteiger partial charge in [0.1, 0.15) is 5.75 Å². The van der Waals surface area contributed by atoms with Crippen molar-refractivity contribution in [3.8, 4) is 5.75 Å². The lowest BCUT2D eigenvalue weighted by atomic mass is 9.74. The van der Waals surface area contributed by atoms with E-state index in [1.807, 2.05) is 6.07 Å². The highest BCUT2D eigenvalue weighted by Gasteiger charge is 2.40. The quantitative estimate of drug-likeness (QED) is 0.849. The van der Waals surface area contributed by atoms with Gasteiger partial charge in [-0.1, -0.05) is 12.1 Å². The number of carboxylic acids is 2. The molecule has 1 aliphatic carbocycles. The molecule has 5 heteroatoms. The smallest absolute Gasteiger partial charge is 0.312 e. The van der Waals surface area contributed by atoms with Crippen molar-refractivity contribution in [2.24, 2.45) is 5.92 Å². The van der Waals surface area contributed by atoms with Crippen LogP contribution < -0.4 is 4.74 Å². The van der Waals surface area contributed by atoms with Crippen LogP contribution in [0, 0.1) is 5.92 Å².